The second kappa shape index (κ2) is 10.9. The maximum atomic E-state index is 13.8. The Bertz CT molecular complexity index is 1220. The van der Waals surface area contributed by atoms with E-state index in [1.54, 1.807) is 13.0 Å². The lowest BCUT2D eigenvalue weighted by atomic mass is 9.93. The second-order valence-corrected chi connectivity index (χ2v) is 12.3. The molecule has 0 bridgehead atoms. The van der Waals surface area contributed by atoms with Crippen LogP contribution in [0.3, 0.4) is 0 Å². The Morgan fingerprint density at radius 3 is 2.47 bits per heavy atom. The summed E-state index contributed by atoms with van der Waals surface area (Å²) in [5.41, 5.74) is 4.79. The molecule has 0 radical (unpaired) electrons. The van der Waals surface area contributed by atoms with Crippen LogP contribution in [-0.4, -0.2) is 54.4 Å². The van der Waals surface area contributed by atoms with E-state index in [1.807, 2.05) is 24.8 Å². The molecule has 0 unspecified atom stereocenters. The van der Waals surface area contributed by atoms with Gasteiger partial charge < -0.3 is 9.42 Å². The van der Waals surface area contributed by atoms with Crippen LogP contribution in [0.4, 0.5) is 0 Å². The average Bonchev–Trinajstić information content (AvgIpc) is 3.24. The zero-order chi connectivity index (χ0) is 26.0. The van der Waals surface area contributed by atoms with Gasteiger partial charge in [-0.1, -0.05) is 35.9 Å². The molecule has 8 heteroatoms. The first-order valence-electron chi connectivity index (χ1n) is 13.2. The van der Waals surface area contributed by atoms with Gasteiger partial charge in [-0.05, 0) is 89.0 Å². The second-order valence-electron chi connectivity index (χ2n) is 10.4. The van der Waals surface area contributed by atoms with Gasteiger partial charge in [0.25, 0.3) is 0 Å². The molecule has 7 nitrogen and oxygen atoms in total. The number of aromatic nitrogens is 1. The van der Waals surface area contributed by atoms with Gasteiger partial charge in [0.15, 0.2) is 10.7 Å². The highest BCUT2D eigenvalue weighted by Gasteiger charge is 2.39. The number of nitrogens with zero attached hydrogens (tertiary/aromatic N) is 3. The van der Waals surface area contributed by atoms with Crippen molar-refractivity contribution in [3.8, 4) is 0 Å². The third kappa shape index (κ3) is 5.30. The number of benzene rings is 1. The van der Waals surface area contributed by atoms with Gasteiger partial charge in [-0.3, -0.25) is 4.79 Å². The molecular formula is C28H39N3O4S. The molecule has 2 atom stereocenters. The number of hydrogen-bond acceptors (Lipinski definition) is 5. The van der Waals surface area contributed by atoms with Crippen LogP contribution < -0.4 is 0 Å². The molecule has 0 aliphatic carbocycles. The van der Waals surface area contributed by atoms with E-state index in [1.165, 1.54) is 9.87 Å². The quantitative estimate of drug-likeness (QED) is 0.525. The molecule has 0 spiro atoms. The molecule has 2 aromatic rings. The summed E-state index contributed by atoms with van der Waals surface area (Å²) >= 11 is 0. The molecule has 1 aromatic heterocycles. The van der Waals surface area contributed by atoms with Crippen LogP contribution >= 0.6 is 0 Å². The minimum atomic E-state index is -3.87. The lowest BCUT2D eigenvalue weighted by molar-refractivity contribution is -0.140. The van der Waals surface area contributed by atoms with Crippen LogP contribution in [-0.2, 0) is 14.8 Å². The Balaban J connectivity index is 1.58. The highest BCUT2D eigenvalue weighted by Crippen LogP contribution is 2.31. The lowest BCUT2D eigenvalue weighted by Crippen LogP contribution is -2.51. The molecule has 2 saturated heterocycles. The van der Waals surface area contributed by atoms with Gasteiger partial charge in [-0.25, -0.2) is 8.42 Å². The van der Waals surface area contributed by atoms with Gasteiger partial charge in [0.2, 0.25) is 15.9 Å². The number of carbonyl (C=O) groups is 1. The van der Waals surface area contributed by atoms with Crippen molar-refractivity contribution >= 4 is 28.1 Å². The summed E-state index contributed by atoms with van der Waals surface area (Å²) in [6.07, 6.45) is 9.13. The number of piperidine rings is 2. The van der Waals surface area contributed by atoms with Gasteiger partial charge >= 0.3 is 0 Å². The zero-order valence-electron chi connectivity index (χ0n) is 22.2. The first-order valence-corrected chi connectivity index (χ1v) is 14.6. The first-order chi connectivity index (χ1) is 17.1. The molecule has 1 aromatic carbocycles. The zero-order valence-corrected chi connectivity index (χ0v) is 23.0. The van der Waals surface area contributed by atoms with Crippen molar-refractivity contribution in [3.05, 3.63) is 45.8 Å². The van der Waals surface area contributed by atoms with Gasteiger partial charge in [-0.2, -0.15) is 4.31 Å². The summed E-state index contributed by atoms with van der Waals surface area (Å²) in [5.74, 6) is 0.0222. The number of aryl methyl sites for hydroxylation is 4. The Labute approximate surface area is 215 Å². The van der Waals surface area contributed by atoms with Crippen molar-refractivity contribution in [2.24, 2.45) is 5.92 Å². The van der Waals surface area contributed by atoms with Crippen LogP contribution in [0.5, 0.6) is 0 Å². The molecule has 4 rings (SSSR count). The first kappa shape index (κ1) is 26.6. The number of hydrogen-bond donors (Lipinski definition) is 0. The summed E-state index contributed by atoms with van der Waals surface area (Å²) in [4.78, 5) is 15.5. The molecule has 196 valence electrons. The minimum Gasteiger partial charge on any atom is -0.355 e. The molecular weight excluding hydrogens is 474 g/mol. The van der Waals surface area contributed by atoms with Crippen molar-refractivity contribution in [1.82, 2.24) is 14.4 Å². The van der Waals surface area contributed by atoms with Gasteiger partial charge in [-0.15, -0.1) is 0 Å². The highest BCUT2D eigenvalue weighted by atomic mass is 32.2. The fourth-order valence-corrected chi connectivity index (χ4v) is 7.63. The maximum Gasteiger partial charge on any atom is 0.248 e. The number of likely N-dealkylation sites (tertiary alicyclic amines) is 1. The smallest absolute Gasteiger partial charge is 0.248 e. The maximum absolute atomic E-state index is 13.8. The molecule has 1 amide bonds. The summed E-state index contributed by atoms with van der Waals surface area (Å²) < 4.78 is 34.6. The van der Waals surface area contributed by atoms with E-state index in [0.29, 0.717) is 18.7 Å². The van der Waals surface area contributed by atoms with Crippen LogP contribution in [0.2, 0.25) is 0 Å². The monoisotopic (exact) mass is 513 g/mol. The fraction of sp³-hybridized carbons (Fsp3) is 0.571. The van der Waals surface area contributed by atoms with Gasteiger partial charge in [0, 0.05) is 25.7 Å². The minimum absolute atomic E-state index is 0.0960. The Kier molecular flexibility index (Phi) is 8.05. The molecule has 2 fully saturated rings. The number of carbonyl (C=O) groups excluding carboxylic acids is 1. The van der Waals surface area contributed by atoms with E-state index in [0.717, 1.165) is 55.3 Å². The Hall–Kier alpha value is -2.45. The molecule has 0 N–H and O–H groups in total. The van der Waals surface area contributed by atoms with E-state index >= 15 is 0 Å². The largest absolute Gasteiger partial charge is 0.355 e. The molecule has 2 aliphatic heterocycles. The van der Waals surface area contributed by atoms with Gasteiger partial charge in [0.1, 0.15) is 5.69 Å². The Morgan fingerprint density at radius 2 is 1.78 bits per heavy atom. The van der Waals surface area contributed by atoms with Crippen molar-refractivity contribution in [3.63, 3.8) is 0 Å². The number of amides is 1. The molecule has 0 saturated carbocycles. The van der Waals surface area contributed by atoms with Crippen molar-refractivity contribution in [1.29, 1.82) is 0 Å². The molecule has 3 heterocycles. The SMILES string of the molecule is CC[C@@H]1CCCCN1C(=O)[C@@H]1CCCN(S(=O)(=O)c2c(C)noc2/C=C/c2c(C)cc(C)cc2C)C1. The summed E-state index contributed by atoms with van der Waals surface area (Å²) in [6, 6.07) is 4.47. The number of rotatable bonds is 6. The summed E-state index contributed by atoms with van der Waals surface area (Å²) in [7, 11) is -3.87. The summed E-state index contributed by atoms with van der Waals surface area (Å²) in [6.45, 7) is 11.3. The fourth-order valence-electron chi connectivity index (χ4n) is 5.85. The molecule has 36 heavy (non-hydrogen) atoms. The van der Waals surface area contributed by atoms with Crippen molar-refractivity contribution in [2.45, 2.75) is 84.1 Å². The Morgan fingerprint density at radius 1 is 1.06 bits per heavy atom. The lowest BCUT2D eigenvalue weighted by Gasteiger charge is -2.40. The van der Waals surface area contributed by atoms with Crippen molar-refractivity contribution < 1.29 is 17.7 Å². The topological polar surface area (TPSA) is 83.7 Å². The van der Waals surface area contributed by atoms with E-state index in [2.05, 4.69) is 31.1 Å². The van der Waals surface area contributed by atoms with E-state index < -0.39 is 10.0 Å². The van der Waals surface area contributed by atoms with Crippen molar-refractivity contribution in [2.75, 3.05) is 19.6 Å². The van der Waals surface area contributed by atoms with E-state index in [4.69, 9.17) is 4.52 Å². The predicted octanol–water partition coefficient (Wildman–Crippen LogP) is 5.27. The standard InChI is InChI=1S/C28H39N3O4S/c1-6-24-11-7-8-15-31(24)28(32)23-10-9-14-30(18-23)36(33,34)27-22(5)29-35-26(27)13-12-25-20(3)16-19(2)17-21(25)4/h12-13,16-17,23-24H,6-11,14-15,18H2,1-5H3/b13-12+/t23-,24-/m1/s1. The molecule has 2 aliphatic rings. The van der Waals surface area contributed by atoms with Crippen LogP contribution in [0.1, 0.15) is 79.2 Å². The van der Waals surface area contributed by atoms with Crippen LogP contribution in [0.15, 0.2) is 21.6 Å². The third-order valence-electron chi connectivity index (χ3n) is 7.69. The third-order valence-corrected chi connectivity index (χ3v) is 9.71. The van der Waals surface area contributed by atoms with E-state index in [-0.39, 0.29) is 35.1 Å². The average molecular weight is 514 g/mol. The van der Waals surface area contributed by atoms with Crippen LogP contribution in [0.25, 0.3) is 12.2 Å². The normalized spacial score (nSPS) is 21.9. The van der Waals surface area contributed by atoms with Gasteiger partial charge in [0.05, 0.1) is 5.92 Å². The highest BCUT2D eigenvalue weighted by molar-refractivity contribution is 7.89. The van der Waals surface area contributed by atoms with E-state index in [9.17, 15) is 13.2 Å². The predicted molar refractivity (Wildman–Crippen MR) is 142 cm³/mol. The number of sulfonamides is 1. The van der Waals surface area contributed by atoms with Crippen LogP contribution in [0, 0.1) is 33.6 Å². The summed E-state index contributed by atoms with van der Waals surface area (Å²) in [5, 5.41) is 3.99.